The second kappa shape index (κ2) is 7.89. The predicted molar refractivity (Wildman–Crippen MR) is 75.3 cm³/mol. The minimum absolute atomic E-state index is 0.0327. The van der Waals surface area contributed by atoms with Crippen molar-refractivity contribution in [3.63, 3.8) is 0 Å². The molecule has 0 heterocycles. The van der Waals surface area contributed by atoms with Crippen LogP contribution in [0.15, 0.2) is 12.2 Å². The molecular weight excluding hydrogens is 262 g/mol. The van der Waals surface area contributed by atoms with Gasteiger partial charge in [0.1, 0.15) is 11.1 Å². The summed E-state index contributed by atoms with van der Waals surface area (Å²) in [4.78, 5) is 23.6. The van der Waals surface area contributed by atoms with Crippen LogP contribution in [0.2, 0.25) is 0 Å². The Labute approximate surface area is 120 Å². The van der Waals surface area contributed by atoms with Crippen molar-refractivity contribution in [2.45, 2.75) is 51.7 Å². The normalized spacial score (nSPS) is 14.7. The molecule has 1 amide bonds. The fourth-order valence-corrected chi connectivity index (χ4v) is 1.45. The van der Waals surface area contributed by atoms with Gasteiger partial charge in [0.05, 0.1) is 7.11 Å². The number of alkyl carbamates (subject to hydrolysis) is 1. The zero-order valence-electron chi connectivity index (χ0n) is 12.9. The van der Waals surface area contributed by atoms with Crippen molar-refractivity contribution >= 4 is 12.1 Å². The van der Waals surface area contributed by atoms with Gasteiger partial charge in [-0.25, -0.2) is 9.59 Å². The Bertz CT molecular complexity index is 359. The summed E-state index contributed by atoms with van der Waals surface area (Å²) in [5.74, 6) is -0.558. The lowest BCUT2D eigenvalue weighted by Crippen LogP contribution is -2.53. The molecule has 0 spiro atoms. The van der Waals surface area contributed by atoms with E-state index in [1.807, 2.05) is 0 Å². The van der Waals surface area contributed by atoms with Gasteiger partial charge in [0.15, 0.2) is 0 Å². The summed E-state index contributed by atoms with van der Waals surface area (Å²) in [5.41, 5.74) is -1.85. The molecule has 0 aliphatic rings. The highest BCUT2D eigenvalue weighted by atomic mass is 16.6. The maximum absolute atomic E-state index is 11.8. The zero-order valence-corrected chi connectivity index (χ0v) is 12.9. The van der Waals surface area contributed by atoms with Gasteiger partial charge in [-0.15, -0.1) is 0 Å². The number of ether oxygens (including phenoxy) is 2. The molecule has 0 aromatic carbocycles. The fraction of sp³-hybridized carbons (Fsp3) is 0.714. The second-order valence-electron chi connectivity index (χ2n) is 5.64. The van der Waals surface area contributed by atoms with E-state index in [4.69, 9.17) is 14.6 Å². The molecule has 1 atom stereocenters. The van der Waals surface area contributed by atoms with Crippen molar-refractivity contribution in [2.24, 2.45) is 0 Å². The summed E-state index contributed by atoms with van der Waals surface area (Å²) in [6, 6.07) is 0. The Kier molecular flexibility index (Phi) is 7.28. The zero-order chi connectivity index (χ0) is 15.8. The number of carbonyl (C=O) groups is 2. The van der Waals surface area contributed by atoms with Crippen LogP contribution in [0.3, 0.4) is 0 Å². The Morgan fingerprint density at radius 3 is 2.25 bits per heavy atom. The van der Waals surface area contributed by atoms with Gasteiger partial charge >= 0.3 is 12.1 Å². The van der Waals surface area contributed by atoms with Crippen molar-refractivity contribution < 1.29 is 24.2 Å². The molecule has 6 nitrogen and oxygen atoms in total. The van der Waals surface area contributed by atoms with Crippen molar-refractivity contribution in [2.75, 3.05) is 13.7 Å². The Morgan fingerprint density at radius 1 is 1.20 bits per heavy atom. The number of rotatable bonds is 6. The number of hydrogen-bond donors (Lipinski definition) is 2. The van der Waals surface area contributed by atoms with Crippen LogP contribution in [-0.2, 0) is 14.3 Å². The summed E-state index contributed by atoms with van der Waals surface area (Å²) in [6.45, 7) is 6.81. The Hall–Kier alpha value is -1.56. The van der Waals surface area contributed by atoms with Crippen LogP contribution in [0.1, 0.15) is 40.5 Å². The van der Waals surface area contributed by atoms with Crippen LogP contribution >= 0.6 is 0 Å². The van der Waals surface area contributed by atoms with E-state index in [-0.39, 0.29) is 13.0 Å². The molecule has 0 radical (unpaired) electrons. The summed E-state index contributed by atoms with van der Waals surface area (Å²) in [7, 11) is 1.26. The van der Waals surface area contributed by atoms with E-state index in [1.165, 1.54) is 7.11 Å². The predicted octanol–water partition coefficient (Wildman–Crippen LogP) is 1.77. The minimum Gasteiger partial charge on any atom is -0.467 e. The molecule has 0 aromatic rings. The van der Waals surface area contributed by atoms with Gasteiger partial charge in [-0.2, -0.15) is 0 Å². The Balaban J connectivity index is 4.78. The molecule has 6 heteroatoms. The smallest absolute Gasteiger partial charge is 0.408 e. The number of methoxy groups -OCH3 is 1. The molecule has 0 aliphatic heterocycles. The van der Waals surface area contributed by atoms with E-state index in [0.29, 0.717) is 6.42 Å². The molecule has 1 unspecified atom stereocenters. The average Bonchev–Trinajstić information content (AvgIpc) is 2.31. The van der Waals surface area contributed by atoms with Gasteiger partial charge in [-0.05, 0) is 40.5 Å². The van der Waals surface area contributed by atoms with Crippen LogP contribution in [0.5, 0.6) is 0 Å². The lowest BCUT2D eigenvalue weighted by Gasteiger charge is -2.28. The average molecular weight is 287 g/mol. The quantitative estimate of drug-likeness (QED) is 0.574. The number of hydrogen-bond acceptors (Lipinski definition) is 5. The summed E-state index contributed by atoms with van der Waals surface area (Å²) in [5, 5.41) is 11.2. The minimum atomic E-state index is -1.21. The maximum Gasteiger partial charge on any atom is 0.408 e. The van der Waals surface area contributed by atoms with Crippen molar-refractivity contribution in [1.29, 1.82) is 0 Å². The molecule has 0 rings (SSSR count). The van der Waals surface area contributed by atoms with E-state index >= 15 is 0 Å². The van der Waals surface area contributed by atoms with Crippen molar-refractivity contribution in [3.05, 3.63) is 12.2 Å². The number of carbonyl (C=O) groups excluding carboxylic acids is 2. The third-order valence-corrected chi connectivity index (χ3v) is 2.40. The van der Waals surface area contributed by atoms with Crippen LogP contribution in [0, 0.1) is 0 Å². The third-order valence-electron chi connectivity index (χ3n) is 2.40. The molecule has 0 bridgehead atoms. The van der Waals surface area contributed by atoms with Gasteiger partial charge in [0.2, 0.25) is 0 Å². The molecule has 0 saturated heterocycles. The SMILES string of the molecule is COC(=O)C(C)(CC=CCCO)NC(=O)OC(C)(C)C. The van der Waals surface area contributed by atoms with Gasteiger partial charge in [-0.1, -0.05) is 12.2 Å². The van der Waals surface area contributed by atoms with Gasteiger partial charge < -0.3 is 19.9 Å². The molecule has 2 N–H and O–H groups in total. The molecule has 20 heavy (non-hydrogen) atoms. The largest absolute Gasteiger partial charge is 0.467 e. The van der Waals surface area contributed by atoms with Crippen molar-refractivity contribution in [1.82, 2.24) is 5.32 Å². The number of esters is 1. The first kappa shape index (κ1) is 18.4. The molecule has 0 saturated carbocycles. The van der Waals surface area contributed by atoms with E-state index in [9.17, 15) is 9.59 Å². The highest BCUT2D eigenvalue weighted by Gasteiger charge is 2.36. The van der Waals surface area contributed by atoms with Crippen LogP contribution < -0.4 is 5.32 Å². The highest BCUT2D eigenvalue weighted by molar-refractivity contribution is 5.85. The summed E-state index contributed by atoms with van der Waals surface area (Å²) in [6.07, 6.45) is 3.51. The molecule has 0 aliphatic carbocycles. The summed E-state index contributed by atoms with van der Waals surface area (Å²) < 4.78 is 9.84. The molecular formula is C14H25NO5. The van der Waals surface area contributed by atoms with Gasteiger partial charge in [0.25, 0.3) is 0 Å². The highest BCUT2D eigenvalue weighted by Crippen LogP contribution is 2.15. The lowest BCUT2D eigenvalue weighted by atomic mass is 9.97. The first-order valence-electron chi connectivity index (χ1n) is 6.50. The molecule has 0 fully saturated rings. The van der Waals surface area contributed by atoms with E-state index in [0.717, 1.165) is 0 Å². The Morgan fingerprint density at radius 2 is 1.80 bits per heavy atom. The monoisotopic (exact) mass is 287 g/mol. The number of aliphatic hydroxyl groups is 1. The van der Waals surface area contributed by atoms with Crippen molar-refractivity contribution in [3.8, 4) is 0 Å². The summed E-state index contributed by atoms with van der Waals surface area (Å²) >= 11 is 0. The lowest BCUT2D eigenvalue weighted by molar-refractivity contribution is -0.147. The van der Waals surface area contributed by atoms with Crippen LogP contribution in [0.25, 0.3) is 0 Å². The van der Waals surface area contributed by atoms with Gasteiger partial charge in [-0.3, -0.25) is 0 Å². The molecule has 0 aromatic heterocycles. The standard InChI is InChI=1S/C14H25NO5/c1-13(2,3)20-12(18)15-14(4,11(17)19-5)9-7-6-8-10-16/h6-7,16H,8-10H2,1-5H3,(H,15,18). The van der Waals surface area contributed by atoms with Crippen LogP contribution in [-0.4, -0.2) is 42.0 Å². The third kappa shape index (κ3) is 7.13. The van der Waals surface area contributed by atoms with E-state index in [1.54, 1.807) is 39.8 Å². The first-order chi connectivity index (χ1) is 9.14. The van der Waals surface area contributed by atoms with E-state index < -0.39 is 23.2 Å². The van der Waals surface area contributed by atoms with Gasteiger partial charge in [0, 0.05) is 6.61 Å². The number of aliphatic hydroxyl groups excluding tert-OH is 1. The van der Waals surface area contributed by atoms with Crippen LogP contribution in [0.4, 0.5) is 4.79 Å². The first-order valence-corrected chi connectivity index (χ1v) is 6.50. The fourth-order valence-electron chi connectivity index (χ4n) is 1.45. The number of amides is 1. The molecule has 116 valence electrons. The second-order valence-corrected chi connectivity index (χ2v) is 5.64. The van der Waals surface area contributed by atoms with E-state index in [2.05, 4.69) is 5.32 Å². The number of nitrogens with one attached hydrogen (secondary N) is 1. The topological polar surface area (TPSA) is 84.9 Å². The maximum atomic E-state index is 11.8.